The standard InChI is InChI=1S/C11H20FNO/c1-3-10-8-11(14-4-2)9-13(10)7-5-6-12/h4,10-11H,2-3,5-9H2,1H3/t10-,11?/m0/s1. The van der Waals surface area contributed by atoms with Crippen molar-refractivity contribution in [3.8, 4) is 0 Å². The Morgan fingerprint density at radius 2 is 2.43 bits per heavy atom. The Bertz CT molecular complexity index is 175. The maximum absolute atomic E-state index is 12.0. The molecule has 0 aromatic carbocycles. The Morgan fingerprint density at radius 3 is 3.00 bits per heavy atom. The lowest BCUT2D eigenvalue weighted by atomic mass is 10.1. The lowest BCUT2D eigenvalue weighted by Gasteiger charge is -2.21. The zero-order valence-electron chi connectivity index (χ0n) is 8.92. The van der Waals surface area contributed by atoms with Crippen molar-refractivity contribution >= 4 is 0 Å². The van der Waals surface area contributed by atoms with Gasteiger partial charge in [-0.25, -0.2) is 0 Å². The van der Waals surface area contributed by atoms with Gasteiger partial charge < -0.3 is 4.74 Å². The van der Waals surface area contributed by atoms with Crippen molar-refractivity contribution < 1.29 is 9.13 Å². The molecule has 0 aliphatic carbocycles. The van der Waals surface area contributed by atoms with Crippen molar-refractivity contribution in [1.29, 1.82) is 0 Å². The topological polar surface area (TPSA) is 12.5 Å². The third-order valence-corrected chi connectivity index (χ3v) is 2.83. The van der Waals surface area contributed by atoms with Gasteiger partial charge in [-0.05, 0) is 12.8 Å². The first-order valence-electron chi connectivity index (χ1n) is 5.38. The van der Waals surface area contributed by atoms with Crippen LogP contribution in [0.25, 0.3) is 0 Å². The smallest absolute Gasteiger partial charge is 0.112 e. The highest BCUT2D eigenvalue weighted by Gasteiger charge is 2.30. The van der Waals surface area contributed by atoms with E-state index in [9.17, 15) is 4.39 Å². The minimum absolute atomic E-state index is 0.222. The molecule has 1 aliphatic rings. The van der Waals surface area contributed by atoms with Crippen LogP contribution in [0.15, 0.2) is 12.8 Å². The van der Waals surface area contributed by atoms with Gasteiger partial charge in [0.25, 0.3) is 0 Å². The van der Waals surface area contributed by atoms with Crippen molar-refractivity contribution in [3.63, 3.8) is 0 Å². The summed E-state index contributed by atoms with van der Waals surface area (Å²) in [5.74, 6) is 0. The molecule has 1 rings (SSSR count). The monoisotopic (exact) mass is 201 g/mol. The number of halogens is 1. The van der Waals surface area contributed by atoms with E-state index in [4.69, 9.17) is 4.74 Å². The normalized spacial score (nSPS) is 27.9. The molecule has 82 valence electrons. The Balaban J connectivity index is 2.36. The first-order chi connectivity index (χ1) is 6.81. The summed E-state index contributed by atoms with van der Waals surface area (Å²) < 4.78 is 17.4. The first-order valence-corrected chi connectivity index (χ1v) is 5.38. The summed E-state index contributed by atoms with van der Waals surface area (Å²) in [7, 11) is 0. The van der Waals surface area contributed by atoms with Gasteiger partial charge in [0.05, 0.1) is 12.9 Å². The van der Waals surface area contributed by atoms with Crippen LogP contribution >= 0.6 is 0 Å². The number of hydrogen-bond acceptors (Lipinski definition) is 2. The molecular formula is C11H20FNO. The molecule has 0 amide bonds. The van der Waals surface area contributed by atoms with Crippen LogP contribution in [0, 0.1) is 0 Å². The minimum Gasteiger partial charge on any atom is -0.497 e. The summed E-state index contributed by atoms with van der Waals surface area (Å²) in [6, 6.07) is 0.562. The summed E-state index contributed by atoms with van der Waals surface area (Å²) in [6.45, 7) is 7.28. The van der Waals surface area contributed by atoms with Crippen molar-refractivity contribution in [3.05, 3.63) is 12.8 Å². The maximum Gasteiger partial charge on any atom is 0.112 e. The first kappa shape index (κ1) is 11.5. The molecule has 1 heterocycles. The minimum atomic E-state index is -0.222. The number of nitrogens with zero attached hydrogens (tertiary/aromatic N) is 1. The number of hydrogen-bond donors (Lipinski definition) is 0. The number of ether oxygens (including phenoxy) is 1. The Hall–Kier alpha value is -0.570. The summed E-state index contributed by atoms with van der Waals surface area (Å²) in [5, 5.41) is 0. The van der Waals surface area contributed by atoms with Crippen LogP contribution in [0.4, 0.5) is 4.39 Å². The van der Waals surface area contributed by atoms with Crippen LogP contribution in [0.2, 0.25) is 0 Å². The molecule has 0 spiro atoms. The van der Waals surface area contributed by atoms with E-state index in [2.05, 4.69) is 18.4 Å². The highest BCUT2D eigenvalue weighted by atomic mass is 19.1. The summed E-state index contributed by atoms with van der Waals surface area (Å²) >= 11 is 0. The average molecular weight is 201 g/mol. The fourth-order valence-electron chi connectivity index (χ4n) is 2.13. The third kappa shape index (κ3) is 2.98. The van der Waals surface area contributed by atoms with E-state index < -0.39 is 0 Å². The Labute approximate surface area is 85.7 Å². The summed E-state index contributed by atoms with van der Waals surface area (Å²) in [4.78, 5) is 2.33. The second kappa shape index (κ2) is 6.02. The molecular weight excluding hydrogens is 181 g/mol. The molecule has 2 atom stereocenters. The fraction of sp³-hybridized carbons (Fsp3) is 0.818. The van der Waals surface area contributed by atoms with Gasteiger partial charge in [0.1, 0.15) is 6.10 Å². The third-order valence-electron chi connectivity index (χ3n) is 2.83. The SMILES string of the molecule is C=COC1C[C@H](CC)N(CCCF)C1. The number of rotatable bonds is 6. The van der Waals surface area contributed by atoms with Crippen LogP contribution in [-0.4, -0.2) is 36.8 Å². The lowest BCUT2D eigenvalue weighted by Crippen LogP contribution is -2.30. The number of alkyl halides is 1. The zero-order chi connectivity index (χ0) is 10.4. The fourth-order valence-corrected chi connectivity index (χ4v) is 2.13. The molecule has 1 saturated heterocycles. The van der Waals surface area contributed by atoms with Crippen LogP contribution in [0.1, 0.15) is 26.2 Å². The van der Waals surface area contributed by atoms with E-state index in [1.807, 2.05) is 0 Å². The highest BCUT2D eigenvalue weighted by Crippen LogP contribution is 2.22. The average Bonchev–Trinajstić information content (AvgIpc) is 2.58. The molecule has 2 nitrogen and oxygen atoms in total. The van der Waals surface area contributed by atoms with Crippen molar-refractivity contribution in [1.82, 2.24) is 4.90 Å². The molecule has 1 aliphatic heterocycles. The zero-order valence-corrected chi connectivity index (χ0v) is 8.92. The van der Waals surface area contributed by atoms with Crippen LogP contribution in [0.3, 0.4) is 0 Å². The van der Waals surface area contributed by atoms with Crippen molar-refractivity contribution in [2.45, 2.75) is 38.3 Å². The summed E-state index contributed by atoms with van der Waals surface area (Å²) in [5.41, 5.74) is 0. The van der Waals surface area contributed by atoms with Crippen LogP contribution in [-0.2, 0) is 4.74 Å². The van der Waals surface area contributed by atoms with Gasteiger partial charge in [-0.15, -0.1) is 0 Å². The van der Waals surface area contributed by atoms with Gasteiger partial charge >= 0.3 is 0 Å². The predicted octanol–water partition coefficient (Wildman–Crippen LogP) is 2.36. The molecule has 1 fully saturated rings. The van der Waals surface area contributed by atoms with Crippen molar-refractivity contribution in [2.24, 2.45) is 0 Å². The maximum atomic E-state index is 12.0. The van der Waals surface area contributed by atoms with Gasteiger partial charge in [0.15, 0.2) is 0 Å². The Kier molecular flexibility index (Phi) is 4.94. The van der Waals surface area contributed by atoms with Gasteiger partial charge in [-0.1, -0.05) is 13.5 Å². The predicted molar refractivity (Wildman–Crippen MR) is 55.9 cm³/mol. The van der Waals surface area contributed by atoms with E-state index >= 15 is 0 Å². The molecule has 0 N–H and O–H groups in total. The molecule has 0 aromatic heterocycles. The molecule has 0 radical (unpaired) electrons. The molecule has 1 unspecified atom stereocenters. The summed E-state index contributed by atoms with van der Waals surface area (Å²) in [6.07, 6.45) is 4.57. The molecule has 0 saturated carbocycles. The van der Waals surface area contributed by atoms with Gasteiger partial charge in [-0.2, -0.15) is 0 Å². The van der Waals surface area contributed by atoms with Gasteiger partial charge in [0.2, 0.25) is 0 Å². The quantitative estimate of drug-likeness (QED) is 0.612. The van der Waals surface area contributed by atoms with Crippen LogP contribution in [0.5, 0.6) is 0 Å². The van der Waals surface area contributed by atoms with Crippen LogP contribution < -0.4 is 0 Å². The molecule has 3 heteroatoms. The second-order valence-electron chi connectivity index (χ2n) is 3.76. The largest absolute Gasteiger partial charge is 0.497 e. The second-order valence-corrected chi connectivity index (χ2v) is 3.76. The lowest BCUT2D eigenvalue weighted by molar-refractivity contribution is 0.147. The molecule has 0 bridgehead atoms. The Morgan fingerprint density at radius 1 is 1.64 bits per heavy atom. The van der Waals surface area contributed by atoms with E-state index in [0.29, 0.717) is 12.5 Å². The van der Waals surface area contributed by atoms with Gasteiger partial charge in [0, 0.05) is 25.6 Å². The van der Waals surface area contributed by atoms with Crippen molar-refractivity contribution in [2.75, 3.05) is 19.8 Å². The highest BCUT2D eigenvalue weighted by molar-refractivity contribution is 4.85. The van der Waals surface area contributed by atoms with Gasteiger partial charge in [-0.3, -0.25) is 9.29 Å². The molecule has 0 aromatic rings. The number of likely N-dealkylation sites (tertiary alicyclic amines) is 1. The van der Waals surface area contributed by atoms with E-state index in [-0.39, 0.29) is 12.8 Å². The van der Waals surface area contributed by atoms with E-state index in [1.165, 1.54) is 6.26 Å². The van der Waals surface area contributed by atoms with E-state index in [1.54, 1.807) is 0 Å². The van der Waals surface area contributed by atoms with E-state index in [0.717, 1.165) is 25.9 Å². The molecule has 14 heavy (non-hydrogen) atoms.